The molecule has 0 bridgehead atoms. The quantitative estimate of drug-likeness (QED) is 0.188. The average molecular weight is 755 g/mol. The third-order valence-electron chi connectivity index (χ3n) is 11.5. The van der Waals surface area contributed by atoms with Gasteiger partial charge >= 0.3 is 0 Å². The van der Waals surface area contributed by atoms with E-state index in [1.54, 1.807) is 0 Å². The van der Waals surface area contributed by atoms with Gasteiger partial charge in [0.15, 0.2) is 23.7 Å². The van der Waals surface area contributed by atoms with E-state index in [9.17, 15) is 8.42 Å². The summed E-state index contributed by atoms with van der Waals surface area (Å²) in [5.41, 5.74) is 5.86. The van der Waals surface area contributed by atoms with Crippen molar-refractivity contribution in [2.24, 2.45) is 9.98 Å². The van der Waals surface area contributed by atoms with E-state index in [1.165, 1.54) is 0 Å². The molecule has 5 aromatic rings. The van der Waals surface area contributed by atoms with Crippen molar-refractivity contribution < 1.29 is 22.4 Å². The molecular weight excluding hydrogens is 719 g/mol. The summed E-state index contributed by atoms with van der Waals surface area (Å²) in [4.78, 5) is 10.1. The number of sulfonamides is 1. The van der Waals surface area contributed by atoms with Gasteiger partial charge in [0.25, 0.3) is 15.5 Å². The van der Waals surface area contributed by atoms with Gasteiger partial charge in [0, 0.05) is 28.4 Å². The number of fused-ring (bicyclic) bond motifs is 12. The van der Waals surface area contributed by atoms with Gasteiger partial charge in [0.05, 0.1) is 59.0 Å². The number of ether oxygens (including phenoxy) is 2. The number of aromatic nitrogens is 2. The highest BCUT2D eigenvalue weighted by molar-refractivity contribution is 7.89. The van der Waals surface area contributed by atoms with Crippen LogP contribution >= 0.6 is 23.2 Å². The number of nitrogens with one attached hydrogen (secondary N) is 1. The number of para-hydroxylation sites is 2. The number of hydrogen-bond donors (Lipinski definition) is 1. The number of rotatable bonds is 4. The van der Waals surface area contributed by atoms with Crippen LogP contribution in [0.15, 0.2) is 98.2 Å². The summed E-state index contributed by atoms with van der Waals surface area (Å²) in [6, 6.07) is 20.2. The van der Waals surface area contributed by atoms with E-state index in [4.69, 9.17) is 42.7 Å². The minimum absolute atomic E-state index is 0.278. The highest BCUT2D eigenvalue weighted by Crippen LogP contribution is 2.52. The fourth-order valence-corrected chi connectivity index (χ4v) is 11.6. The van der Waals surface area contributed by atoms with Gasteiger partial charge in [0.2, 0.25) is 0 Å². The predicted molar refractivity (Wildman–Crippen MR) is 207 cm³/mol. The molecule has 3 unspecified atom stereocenters. The lowest BCUT2D eigenvalue weighted by Crippen LogP contribution is -2.63. The van der Waals surface area contributed by atoms with Crippen molar-refractivity contribution in [2.75, 3.05) is 26.2 Å². The summed E-state index contributed by atoms with van der Waals surface area (Å²) < 4.78 is 49.0. The number of hydrogen-bond acceptors (Lipinski definition) is 6. The molecule has 3 atom stereocenters. The Balaban J connectivity index is 1.14. The van der Waals surface area contributed by atoms with Gasteiger partial charge in [-0.3, -0.25) is 9.05 Å². The third-order valence-corrected chi connectivity index (χ3v) is 14.1. The van der Waals surface area contributed by atoms with Crippen molar-refractivity contribution in [1.82, 2.24) is 13.9 Å². The number of benzene rings is 3. The predicted octanol–water partition coefficient (Wildman–Crippen LogP) is 8.00. The second kappa shape index (κ2) is 11.3. The monoisotopic (exact) mass is 753 g/mol. The second-order valence-corrected chi connectivity index (χ2v) is 16.4. The average Bonchev–Trinajstić information content (AvgIpc) is 3.68. The van der Waals surface area contributed by atoms with Crippen LogP contribution in [-0.2, 0) is 21.3 Å². The van der Waals surface area contributed by atoms with Crippen molar-refractivity contribution in [3.63, 3.8) is 0 Å². The number of quaternary nitrogens is 1. The maximum absolute atomic E-state index is 14.0. The molecule has 1 fully saturated rings. The molecule has 2 aromatic heterocycles. The number of aryl methyl sites for hydroxylation is 1. The van der Waals surface area contributed by atoms with Crippen molar-refractivity contribution >= 4 is 89.1 Å². The first-order valence-electron chi connectivity index (χ1n) is 17.7. The molecular formula is C39H35Cl2N6O4S+. The SMILES string of the molecule is CCn1c2ccccc2c2c3c(ccc21)N=C1C(Cl)=C2OC4C(=NC2=C(Cl)C1O3)C=Cc1c4c2ccccc2n1C1[N+](CC)(CC)CCNS1(=O)=O. The van der Waals surface area contributed by atoms with Gasteiger partial charge in [-0.2, -0.15) is 0 Å². The van der Waals surface area contributed by atoms with Gasteiger partial charge in [-0.1, -0.05) is 59.6 Å². The standard InChI is InChI=1S/C39H35Cl2N6O4S/c1-4-45-25-13-9-7-11-21(25)29-27(45)17-15-23-35(29)50-37-31(40)34-38(32(41)33(37)43-23)51-36-24(44-34)16-18-28-30(36)22-12-8-10-14-26(22)46(28)39-47(5-2,6-3)20-19-42-52(39,48)49/h7-18,36-37,39,42H,4-6,19-20H2,1-3H3/q+1. The molecule has 0 saturated carbocycles. The first-order valence-corrected chi connectivity index (χ1v) is 20.0. The maximum Gasteiger partial charge on any atom is 0.286 e. The first kappa shape index (κ1) is 32.3. The molecule has 0 amide bonds. The summed E-state index contributed by atoms with van der Waals surface area (Å²) in [7, 11) is -3.74. The van der Waals surface area contributed by atoms with Crippen molar-refractivity contribution in [1.29, 1.82) is 0 Å². The van der Waals surface area contributed by atoms with Crippen LogP contribution in [0.3, 0.4) is 0 Å². The van der Waals surface area contributed by atoms with E-state index >= 15 is 0 Å². The molecule has 10 nitrogen and oxygen atoms in total. The smallest absolute Gasteiger partial charge is 0.286 e. The van der Waals surface area contributed by atoms with Crippen LogP contribution in [-0.4, -0.2) is 65.7 Å². The summed E-state index contributed by atoms with van der Waals surface area (Å²) in [5, 5.41) is 3.55. The molecule has 0 spiro atoms. The van der Waals surface area contributed by atoms with Crippen molar-refractivity contribution in [2.45, 2.75) is 45.0 Å². The van der Waals surface area contributed by atoms with Crippen LogP contribution in [0.25, 0.3) is 38.8 Å². The molecule has 3 aromatic carbocycles. The zero-order chi connectivity index (χ0) is 35.7. The van der Waals surface area contributed by atoms with Gasteiger partial charge < -0.3 is 14.0 Å². The Hall–Kier alpha value is -4.39. The van der Waals surface area contributed by atoms with E-state index in [0.717, 1.165) is 50.5 Å². The minimum atomic E-state index is -3.74. The molecule has 2 aliphatic carbocycles. The number of likely N-dealkylation sites (N-methyl/N-ethyl adjacent to an activating group) is 1. The Morgan fingerprint density at radius 1 is 0.885 bits per heavy atom. The molecule has 52 heavy (non-hydrogen) atoms. The van der Waals surface area contributed by atoms with Gasteiger partial charge in [-0.15, -0.1) is 0 Å². The molecule has 1 saturated heterocycles. The fourth-order valence-electron chi connectivity index (χ4n) is 8.99. The topological polar surface area (TPSA) is 99.2 Å². The van der Waals surface area contributed by atoms with Crippen molar-refractivity contribution in [3.8, 4) is 5.75 Å². The highest BCUT2D eigenvalue weighted by atomic mass is 35.5. The summed E-state index contributed by atoms with van der Waals surface area (Å²) in [6.07, 6.45) is 2.40. The molecule has 10 rings (SSSR count). The number of halogens is 2. The molecule has 13 heteroatoms. The van der Waals surface area contributed by atoms with Gasteiger partial charge in [0.1, 0.15) is 22.1 Å². The lowest BCUT2D eigenvalue weighted by atomic mass is 9.93. The molecule has 264 valence electrons. The van der Waals surface area contributed by atoms with Crippen LogP contribution < -0.4 is 9.46 Å². The zero-order valence-corrected chi connectivity index (χ0v) is 31.1. The van der Waals surface area contributed by atoms with E-state index in [1.807, 2.05) is 59.2 Å². The molecule has 5 heterocycles. The molecule has 5 aliphatic rings. The van der Waals surface area contributed by atoms with Crippen molar-refractivity contribution in [3.05, 3.63) is 99.5 Å². The van der Waals surface area contributed by atoms with E-state index in [0.29, 0.717) is 70.0 Å². The largest absolute Gasteiger partial charge is 0.475 e. The van der Waals surface area contributed by atoms with E-state index in [-0.39, 0.29) is 5.03 Å². The van der Waals surface area contributed by atoms with Crippen LogP contribution in [0, 0.1) is 0 Å². The summed E-state index contributed by atoms with van der Waals surface area (Å²) in [6.45, 7) is 9.46. The Morgan fingerprint density at radius 3 is 2.40 bits per heavy atom. The minimum Gasteiger partial charge on any atom is -0.475 e. The molecule has 3 aliphatic heterocycles. The summed E-state index contributed by atoms with van der Waals surface area (Å²) in [5.74, 6) is 0.975. The highest BCUT2D eigenvalue weighted by Gasteiger charge is 2.51. The lowest BCUT2D eigenvalue weighted by molar-refractivity contribution is -0.949. The van der Waals surface area contributed by atoms with E-state index in [2.05, 4.69) is 48.3 Å². The van der Waals surface area contributed by atoms with Crippen LogP contribution in [0.1, 0.15) is 43.6 Å². The Morgan fingerprint density at radius 2 is 1.63 bits per heavy atom. The number of nitrogens with zero attached hydrogens (tertiary/aromatic N) is 5. The Kier molecular flexibility index (Phi) is 7.02. The van der Waals surface area contributed by atoms with Crippen LogP contribution in [0.2, 0.25) is 0 Å². The first-order chi connectivity index (χ1) is 25.2. The second-order valence-electron chi connectivity index (χ2n) is 13.8. The normalized spacial score (nSPS) is 24.1. The molecule has 0 radical (unpaired) electrons. The van der Waals surface area contributed by atoms with Gasteiger partial charge in [-0.05, 0) is 57.2 Å². The third kappa shape index (κ3) is 4.17. The van der Waals surface area contributed by atoms with Crippen LogP contribution in [0.4, 0.5) is 5.69 Å². The fraction of sp³-hybridized carbons (Fsp3) is 0.282. The van der Waals surface area contributed by atoms with Crippen LogP contribution in [0.5, 0.6) is 5.75 Å². The number of aliphatic imine (C=N–C) groups is 2. The zero-order valence-electron chi connectivity index (χ0n) is 28.7. The molecule has 1 N–H and O–H groups in total. The summed E-state index contributed by atoms with van der Waals surface area (Å²) >= 11 is 14.4. The Labute approximate surface area is 310 Å². The maximum atomic E-state index is 14.0. The lowest BCUT2D eigenvalue weighted by Gasteiger charge is -2.46. The Bertz CT molecular complexity index is 2700. The van der Waals surface area contributed by atoms with E-state index < -0.39 is 27.7 Å². The van der Waals surface area contributed by atoms with Gasteiger partial charge in [-0.25, -0.2) is 23.1 Å².